The van der Waals surface area contributed by atoms with Gasteiger partial charge in [0.25, 0.3) is 0 Å². The summed E-state index contributed by atoms with van der Waals surface area (Å²) in [5, 5.41) is 0. The van der Waals surface area contributed by atoms with Crippen molar-refractivity contribution in [3.8, 4) is 0 Å². The van der Waals surface area contributed by atoms with Crippen LogP contribution >= 0.6 is 0 Å². The van der Waals surface area contributed by atoms with Crippen molar-refractivity contribution < 1.29 is 14.4 Å². The van der Waals surface area contributed by atoms with Crippen LogP contribution in [0.15, 0.2) is 30.3 Å². The zero-order valence-corrected chi connectivity index (χ0v) is 14.1. The standard InChI is InChI=1S/C20H27NO2/c1-21-16-9-10-17(21)14-18(13-16)23-19(22)20(11-5-6-12-20)15-7-3-2-4-8-15/h2-4,7-8,16-18H,5-6,9-14H2,1H3/p+1/t16-,17+,18?. The number of rotatable bonds is 3. The molecule has 0 spiro atoms. The Morgan fingerprint density at radius 3 is 2.30 bits per heavy atom. The third-order valence-electron chi connectivity index (χ3n) is 6.69. The number of hydrogen-bond donors (Lipinski definition) is 1. The Morgan fingerprint density at radius 1 is 1.09 bits per heavy atom. The molecule has 0 amide bonds. The maximum absolute atomic E-state index is 13.1. The summed E-state index contributed by atoms with van der Waals surface area (Å²) in [5.41, 5.74) is 0.778. The van der Waals surface area contributed by atoms with Crippen LogP contribution in [0.3, 0.4) is 0 Å². The van der Waals surface area contributed by atoms with Gasteiger partial charge >= 0.3 is 5.97 Å². The molecule has 4 rings (SSSR count). The van der Waals surface area contributed by atoms with E-state index in [4.69, 9.17) is 4.74 Å². The van der Waals surface area contributed by atoms with Gasteiger partial charge in [-0.25, -0.2) is 0 Å². The molecule has 1 aromatic rings. The van der Waals surface area contributed by atoms with Gasteiger partial charge in [-0.15, -0.1) is 0 Å². The predicted octanol–water partition coefficient (Wildman–Crippen LogP) is 2.25. The first-order valence-electron chi connectivity index (χ1n) is 9.29. The maximum atomic E-state index is 13.1. The van der Waals surface area contributed by atoms with Gasteiger partial charge in [-0.2, -0.15) is 0 Å². The molecule has 1 aliphatic carbocycles. The molecule has 2 aliphatic heterocycles. The molecule has 0 radical (unpaired) electrons. The number of carbonyl (C=O) groups excluding carboxylic acids is 1. The summed E-state index contributed by atoms with van der Waals surface area (Å²) in [5.74, 6) is 0.0464. The number of hydrogen-bond acceptors (Lipinski definition) is 2. The molecule has 2 bridgehead atoms. The van der Waals surface area contributed by atoms with Gasteiger partial charge < -0.3 is 9.64 Å². The van der Waals surface area contributed by atoms with E-state index in [-0.39, 0.29) is 17.5 Å². The first-order valence-corrected chi connectivity index (χ1v) is 9.29. The van der Waals surface area contributed by atoms with E-state index in [9.17, 15) is 4.79 Å². The van der Waals surface area contributed by atoms with Crippen LogP contribution in [0.2, 0.25) is 0 Å². The summed E-state index contributed by atoms with van der Waals surface area (Å²) in [6.45, 7) is 0. The smallest absolute Gasteiger partial charge is 0.316 e. The summed E-state index contributed by atoms with van der Waals surface area (Å²) in [7, 11) is 2.31. The fourth-order valence-electron chi connectivity index (χ4n) is 5.24. The van der Waals surface area contributed by atoms with E-state index in [0.717, 1.165) is 44.1 Å². The molecule has 1 saturated carbocycles. The third-order valence-corrected chi connectivity index (χ3v) is 6.69. The van der Waals surface area contributed by atoms with Gasteiger partial charge in [-0.05, 0) is 18.4 Å². The van der Waals surface area contributed by atoms with Crippen molar-refractivity contribution in [3.63, 3.8) is 0 Å². The summed E-state index contributed by atoms with van der Waals surface area (Å²) in [6, 6.07) is 11.7. The second-order valence-electron chi connectivity index (χ2n) is 7.87. The highest BCUT2D eigenvalue weighted by atomic mass is 16.5. The fraction of sp³-hybridized carbons (Fsp3) is 0.650. The summed E-state index contributed by atoms with van der Waals surface area (Å²) < 4.78 is 6.11. The van der Waals surface area contributed by atoms with Crippen molar-refractivity contribution in [2.75, 3.05) is 7.05 Å². The minimum Gasteiger partial charge on any atom is -0.461 e. The largest absolute Gasteiger partial charge is 0.461 e. The SMILES string of the molecule is C[NH+]1[C@@H]2CC[C@H]1CC(OC(=O)C1(c3ccccc3)CCCC1)C2. The monoisotopic (exact) mass is 314 g/mol. The van der Waals surface area contributed by atoms with E-state index in [1.54, 1.807) is 4.90 Å². The molecule has 2 saturated heterocycles. The van der Waals surface area contributed by atoms with Crippen molar-refractivity contribution in [1.82, 2.24) is 0 Å². The van der Waals surface area contributed by atoms with Gasteiger partial charge in [0.2, 0.25) is 0 Å². The lowest BCUT2D eigenvalue weighted by Gasteiger charge is -2.35. The highest BCUT2D eigenvalue weighted by Crippen LogP contribution is 2.43. The molecule has 0 aromatic heterocycles. The summed E-state index contributed by atoms with van der Waals surface area (Å²) in [6.07, 6.45) is 9.01. The Labute approximate surface area is 139 Å². The summed E-state index contributed by atoms with van der Waals surface area (Å²) >= 11 is 0. The van der Waals surface area contributed by atoms with Crippen LogP contribution in [0.1, 0.15) is 56.9 Å². The number of piperidine rings is 1. The van der Waals surface area contributed by atoms with E-state index >= 15 is 0 Å². The molecule has 3 heteroatoms. The molecule has 2 unspecified atom stereocenters. The number of carbonyl (C=O) groups is 1. The Kier molecular flexibility index (Phi) is 3.92. The van der Waals surface area contributed by atoms with Crippen LogP contribution in [0, 0.1) is 0 Å². The highest BCUT2D eigenvalue weighted by Gasteiger charge is 2.48. The van der Waals surface area contributed by atoms with Crippen LogP contribution in [-0.2, 0) is 14.9 Å². The predicted molar refractivity (Wildman–Crippen MR) is 89.4 cm³/mol. The van der Waals surface area contributed by atoms with Crippen LogP contribution in [0.25, 0.3) is 0 Å². The number of benzene rings is 1. The lowest BCUT2D eigenvalue weighted by Crippen LogP contribution is -3.15. The van der Waals surface area contributed by atoms with Crippen molar-refractivity contribution in [1.29, 1.82) is 0 Å². The third kappa shape index (κ3) is 2.59. The van der Waals surface area contributed by atoms with Gasteiger partial charge in [0.15, 0.2) is 0 Å². The van der Waals surface area contributed by atoms with Gasteiger partial charge in [0.1, 0.15) is 6.10 Å². The topological polar surface area (TPSA) is 30.7 Å². The number of ether oxygens (including phenoxy) is 1. The normalized spacial score (nSPS) is 35.2. The molecule has 3 nitrogen and oxygen atoms in total. The first-order chi connectivity index (χ1) is 11.2. The molecule has 3 aliphatic rings. The molecule has 4 atom stereocenters. The molecular formula is C20H28NO2+. The molecule has 124 valence electrons. The molecule has 1 N–H and O–H groups in total. The van der Waals surface area contributed by atoms with E-state index in [0.29, 0.717) is 12.1 Å². The average molecular weight is 314 g/mol. The van der Waals surface area contributed by atoms with Gasteiger partial charge in [-0.3, -0.25) is 4.79 Å². The zero-order valence-electron chi connectivity index (χ0n) is 14.1. The summed E-state index contributed by atoms with van der Waals surface area (Å²) in [4.78, 5) is 14.8. The van der Waals surface area contributed by atoms with Crippen LogP contribution < -0.4 is 4.90 Å². The van der Waals surface area contributed by atoms with Crippen molar-refractivity contribution in [2.45, 2.75) is 75.0 Å². The van der Waals surface area contributed by atoms with Gasteiger partial charge in [-0.1, -0.05) is 43.2 Å². The Hall–Kier alpha value is -1.35. The first kappa shape index (κ1) is 15.2. The molecular weight excluding hydrogens is 286 g/mol. The Bertz CT molecular complexity index is 550. The van der Waals surface area contributed by atoms with Crippen molar-refractivity contribution in [3.05, 3.63) is 35.9 Å². The second kappa shape index (κ2) is 5.94. The van der Waals surface area contributed by atoms with Gasteiger partial charge in [0, 0.05) is 25.7 Å². The molecule has 2 heterocycles. The maximum Gasteiger partial charge on any atom is 0.316 e. The van der Waals surface area contributed by atoms with Crippen molar-refractivity contribution in [2.24, 2.45) is 0 Å². The second-order valence-corrected chi connectivity index (χ2v) is 7.87. The minimum absolute atomic E-state index is 0.0464. The van der Waals surface area contributed by atoms with E-state index < -0.39 is 0 Å². The van der Waals surface area contributed by atoms with E-state index in [1.807, 2.05) is 18.2 Å². The molecule has 1 aromatic carbocycles. The van der Waals surface area contributed by atoms with Gasteiger partial charge in [0.05, 0.1) is 24.5 Å². The number of esters is 1. The number of quaternary nitrogens is 1. The minimum atomic E-state index is -0.378. The number of nitrogens with one attached hydrogen (secondary N) is 1. The van der Waals surface area contributed by atoms with Crippen LogP contribution in [-0.4, -0.2) is 31.2 Å². The quantitative estimate of drug-likeness (QED) is 0.868. The zero-order chi connectivity index (χ0) is 15.9. The van der Waals surface area contributed by atoms with E-state index in [2.05, 4.69) is 19.2 Å². The average Bonchev–Trinajstić information content (AvgIpc) is 3.13. The highest BCUT2D eigenvalue weighted by molar-refractivity contribution is 5.83. The van der Waals surface area contributed by atoms with Crippen LogP contribution in [0.4, 0.5) is 0 Å². The molecule has 23 heavy (non-hydrogen) atoms. The lowest BCUT2D eigenvalue weighted by atomic mass is 9.79. The van der Waals surface area contributed by atoms with Crippen molar-refractivity contribution >= 4 is 5.97 Å². The fourth-order valence-corrected chi connectivity index (χ4v) is 5.24. The van der Waals surface area contributed by atoms with Crippen LogP contribution in [0.5, 0.6) is 0 Å². The Morgan fingerprint density at radius 2 is 1.70 bits per heavy atom. The Balaban J connectivity index is 1.51. The number of fused-ring (bicyclic) bond motifs is 2. The van der Waals surface area contributed by atoms with E-state index in [1.165, 1.54) is 12.8 Å². The molecule has 3 fully saturated rings. The lowest BCUT2D eigenvalue weighted by molar-refractivity contribution is -0.923.